The minimum Gasteiger partial charge on any atom is -0.491 e. The number of nitrogens with zero attached hydrogens (tertiary/aromatic N) is 5. The zero-order chi connectivity index (χ0) is 32.2. The Labute approximate surface area is 274 Å². The molecule has 0 bridgehead atoms. The van der Waals surface area contributed by atoms with E-state index in [9.17, 15) is 19.2 Å². The molecule has 12 nitrogen and oxygen atoms in total. The summed E-state index contributed by atoms with van der Waals surface area (Å²) < 4.78 is 11.4. The number of amides is 4. The number of nitrogens with two attached hydrogens (primary N) is 1. The lowest BCUT2D eigenvalue weighted by molar-refractivity contribution is -0.145. The minimum atomic E-state index is -0.676. The predicted molar refractivity (Wildman–Crippen MR) is 178 cm³/mol. The van der Waals surface area contributed by atoms with Crippen molar-refractivity contribution in [2.75, 3.05) is 57.5 Å². The van der Waals surface area contributed by atoms with E-state index in [4.69, 9.17) is 15.2 Å². The molecular formula is C32H35IN6O6. The SMILES string of the molecule is COCCN(CC(N)=O)C(=O)CN(Cc1ccccc1)C(=O)CN(CCOc1cc2cccnc2c2ncccc12)C(=O)CI. The maximum absolute atomic E-state index is 13.7. The second kappa shape index (κ2) is 16.6. The molecule has 0 saturated heterocycles. The molecule has 0 atom stereocenters. The summed E-state index contributed by atoms with van der Waals surface area (Å²) in [7, 11) is 1.48. The highest BCUT2D eigenvalue weighted by molar-refractivity contribution is 14.1. The molecule has 0 unspecified atom stereocenters. The fourth-order valence-electron chi connectivity index (χ4n) is 4.75. The molecule has 4 amide bonds. The molecule has 0 aliphatic heterocycles. The Balaban J connectivity index is 1.50. The Hall–Kier alpha value is -4.37. The first kappa shape index (κ1) is 33.5. The summed E-state index contributed by atoms with van der Waals surface area (Å²) in [6.45, 7) is -0.156. The fourth-order valence-corrected chi connectivity index (χ4v) is 5.23. The van der Waals surface area contributed by atoms with Crippen LogP contribution in [0, 0.1) is 0 Å². The number of alkyl halides is 1. The third-order valence-corrected chi connectivity index (χ3v) is 7.65. The Bertz CT molecular complexity index is 1640. The van der Waals surface area contributed by atoms with Gasteiger partial charge in [-0.2, -0.15) is 0 Å². The van der Waals surface area contributed by atoms with Gasteiger partial charge in [0.25, 0.3) is 0 Å². The third-order valence-electron chi connectivity index (χ3n) is 6.99. The molecule has 0 radical (unpaired) electrons. The summed E-state index contributed by atoms with van der Waals surface area (Å²) in [4.78, 5) is 64.6. The van der Waals surface area contributed by atoms with Gasteiger partial charge in [0.15, 0.2) is 0 Å². The van der Waals surface area contributed by atoms with E-state index < -0.39 is 17.7 Å². The number of aromatic nitrogens is 2. The largest absolute Gasteiger partial charge is 0.491 e. The van der Waals surface area contributed by atoms with Crippen molar-refractivity contribution in [3.05, 3.63) is 78.6 Å². The standard InChI is InChI=1S/C32H35IN6O6/c1-44-15-13-37(20-27(34)40)29(42)22-39(19-23-7-3-2-4-8-23)30(43)21-38(28(41)18-33)14-16-45-26-17-24-9-5-11-35-31(24)32-25(26)10-6-12-36-32/h2-12,17H,13-16,18-22H2,1H3,(H2,34,40). The molecule has 0 fully saturated rings. The molecule has 4 aromatic rings. The van der Waals surface area contributed by atoms with E-state index in [1.165, 1.54) is 21.8 Å². The number of fused-ring (bicyclic) bond motifs is 3. The van der Waals surface area contributed by atoms with Crippen LogP contribution >= 0.6 is 22.6 Å². The predicted octanol–water partition coefficient (Wildman–Crippen LogP) is 2.41. The van der Waals surface area contributed by atoms with Crippen LogP contribution in [0.25, 0.3) is 21.8 Å². The van der Waals surface area contributed by atoms with Crippen LogP contribution in [0.5, 0.6) is 5.75 Å². The molecule has 0 saturated carbocycles. The van der Waals surface area contributed by atoms with E-state index in [1.54, 1.807) is 12.4 Å². The third kappa shape index (κ3) is 9.31. The van der Waals surface area contributed by atoms with Gasteiger partial charge in [-0.15, -0.1) is 0 Å². The van der Waals surface area contributed by atoms with Crippen molar-refractivity contribution in [2.45, 2.75) is 6.54 Å². The van der Waals surface area contributed by atoms with Gasteiger partial charge in [-0.25, -0.2) is 0 Å². The second-order valence-corrected chi connectivity index (χ2v) is 10.9. The van der Waals surface area contributed by atoms with Crippen LogP contribution in [-0.4, -0.2) is 106 Å². The van der Waals surface area contributed by atoms with Gasteiger partial charge >= 0.3 is 0 Å². The molecule has 0 spiro atoms. The molecule has 13 heteroatoms. The molecule has 0 aliphatic rings. The van der Waals surface area contributed by atoms with Crippen LogP contribution in [0.4, 0.5) is 0 Å². The molecule has 236 valence electrons. The summed E-state index contributed by atoms with van der Waals surface area (Å²) in [5.74, 6) is -1.22. The number of hydrogen-bond acceptors (Lipinski definition) is 8. The molecular weight excluding hydrogens is 691 g/mol. The van der Waals surface area contributed by atoms with Crippen molar-refractivity contribution < 1.29 is 28.7 Å². The number of pyridine rings is 2. The summed E-state index contributed by atoms with van der Waals surface area (Å²) >= 11 is 1.96. The summed E-state index contributed by atoms with van der Waals surface area (Å²) in [5.41, 5.74) is 7.63. The summed E-state index contributed by atoms with van der Waals surface area (Å²) in [6.07, 6.45) is 3.41. The molecule has 2 heterocycles. The molecule has 0 aliphatic carbocycles. The van der Waals surface area contributed by atoms with Crippen LogP contribution in [0.3, 0.4) is 0 Å². The van der Waals surface area contributed by atoms with Gasteiger partial charge in [0.05, 0.1) is 36.2 Å². The Morgan fingerprint density at radius 1 is 0.778 bits per heavy atom. The topological polar surface area (TPSA) is 148 Å². The fraction of sp³-hybridized carbons (Fsp3) is 0.312. The Kier molecular flexibility index (Phi) is 12.4. The number of ether oxygens (including phenoxy) is 2. The highest BCUT2D eigenvalue weighted by atomic mass is 127. The van der Waals surface area contributed by atoms with E-state index in [0.29, 0.717) is 11.3 Å². The maximum Gasteiger partial charge on any atom is 0.242 e. The van der Waals surface area contributed by atoms with Crippen LogP contribution in [0.1, 0.15) is 5.56 Å². The van der Waals surface area contributed by atoms with Crippen LogP contribution < -0.4 is 10.5 Å². The average Bonchev–Trinajstić information content (AvgIpc) is 3.05. The van der Waals surface area contributed by atoms with Crippen LogP contribution in [0.15, 0.2) is 73.1 Å². The molecule has 4 rings (SSSR count). The van der Waals surface area contributed by atoms with Crippen molar-refractivity contribution in [1.82, 2.24) is 24.7 Å². The van der Waals surface area contributed by atoms with E-state index >= 15 is 0 Å². The number of hydrogen-bond donors (Lipinski definition) is 1. The van der Waals surface area contributed by atoms with Gasteiger partial charge in [0.1, 0.15) is 24.4 Å². The molecule has 2 N–H and O–H groups in total. The molecule has 2 aromatic carbocycles. The van der Waals surface area contributed by atoms with Crippen molar-refractivity contribution in [1.29, 1.82) is 0 Å². The average molecular weight is 727 g/mol. The quantitative estimate of drug-likeness (QED) is 0.105. The van der Waals surface area contributed by atoms with E-state index in [1.807, 2.05) is 83.3 Å². The van der Waals surface area contributed by atoms with Crippen molar-refractivity contribution in [3.8, 4) is 5.75 Å². The monoisotopic (exact) mass is 726 g/mol. The number of halogens is 1. The van der Waals surface area contributed by atoms with Gasteiger partial charge in [-0.1, -0.05) is 59.0 Å². The first-order chi connectivity index (χ1) is 21.8. The van der Waals surface area contributed by atoms with Crippen LogP contribution in [-0.2, 0) is 30.5 Å². The molecule has 2 aromatic heterocycles. The molecule has 45 heavy (non-hydrogen) atoms. The van der Waals surface area contributed by atoms with Crippen LogP contribution in [0.2, 0.25) is 0 Å². The summed E-state index contributed by atoms with van der Waals surface area (Å²) in [5, 5.41) is 1.65. The highest BCUT2D eigenvalue weighted by Gasteiger charge is 2.25. The smallest absolute Gasteiger partial charge is 0.242 e. The van der Waals surface area contributed by atoms with Gasteiger partial charge < -0.3 is 29.9 Å². The number of methoxy groups -OCH3 is 1. The van der Waals surface area contributed by atoms with E-state index in [-0.39, 0.29) is 62.8 Å². The normalized spacial score (nSPS) is 10.9. The van der Waals surface area contributed by atoms with Crippen molar-refractivity contribution >= 4 is 68.0 Å². The Morgan fingerprint density at radius 2 is 1.42 bits per heavy atom. The van der Waals surface area contributed by atoms with Crippen molar-refractivity contribution in [2.24, 2.45) is 5.73 Å². The lowest BCUT2D eigenvalue weighted by Crippen LogP contribution is -2.49. The maximum atomic E-state index is 13.7. The minimum absolute atomic E-state index is 0.118. The number of carbonyl (C=O) groups is 4. The zero-order valence-electron chi connectivity index (χ0n) is 24.9. The van der Waals surface area contributed by atoms with Gasteiger partial charge in [-0.3, -0.25) is 29.1 Å². The number of carbonyl (C=O) groups excluding carboxylic acids is 4. The zero-order valence-corrected chi connectivity index (χ0v) is 27.1. The first-order valence-corrected chi connectivity index (χ1v) is 15.8. The van der Waals surface area contributed by atoms with E-state index in [2.05, 4.69) is 9.97 Å². The number of primary amides is 1. The van der Waals surface area contributed by atoms with Gasteiger partial charge in [-0.05, 0) is 29.8 Å². The van der Waals surface area contributed by atoms with Gasteiger partial charge in [0.2, 0.25) is 23.6 Å². The van der Waals surface area contributed by atoms with Crippen molar-refractivity contribution in [3.63, 3.8) is 0 Å². The highest BCUT2D eigenvalue weighted by Crippen LogP contribution is 2.31. The van der Waals surface area contributed by atoms with Gasteiger partial charge in [0, 0.05) is 43.4 Å². The number of rotatable bonds is 16. The Morgan fingerprint density at radius 3 is 2.13 bits per heavy atom. The summed E-state index contributed by atoms with van der Waals surface area (Å²) in [6, 6.07) is 18.6. The second-order valence-electron chi connectivity index (χ2n) is 10.2. The lowest BCUT2D eigenvalue weighted by atomic mass is 10.1. The first-order valence-electron chi connectivity index (χ1n) is 14.3. The van der Waals surface area contributed by atoms with E-state index in [0.717, 1.165) is 21.9 Å². The lowest BCUT2D eigenvalue weighted by Gasteiger charge is -2.29. The number of benzene rings is 2.